The van der Waals surface area contributed by atoms with Crippen LogP contribution in [0.4, 0.5) is 0 Å². The summed E-state index contributed by atoms with van der Waals surface area (Å²) >= 11 is 3.47. The van der Waals surface area contributed by atoms with E-state index in [0.717, 1.165) is 30.9 Å². The van der Waals surface area contributed by atoms with Crippen LogP contribution in [-0.4, -0.2) is 43.6 Å². The van der Waals surface area contributed by atoms with Gasteiger partial charge in [0, 0.05) is 32.1 Å². The first-order valence-corrected chi connectivity index (χ1v) is 6.14. The average Bonchev–Trinajstić information content (AvgIpc) is 2.14. The SMILES string of the molecule is CCC(C)CN(CCBr)CCOC. The van der Waals surface area contributed by atoms with E-state index >= 15 is 0 Å². The summed E-state index contributed by atoms with van der Waals surface area (Å²) in [6.07, 6.45) is 1.26. The van der Waals surface area contributed by atoms with Crippen LogP contribution in [0, 0.1) is 5.92 Å². The molecule has 0 spiro atoms. The lowest BCUT2D eigenvalue weighted by Gasteiger charge is -2.23. The van der Waals surface area contributed by atoms with Crippen LogP contribution in [0.1, 0.15) is 20.3 Å². The van der Waals surface area contributed by atoms with Crippen LogP contribution >= 0.6 is 15.9 Å². The van der Waals surface area contributed by atoms with Crippen LogP contribution in [0.15, 0.2) is 0 Å². The van der Waals surface area contributed by atoms with Crippen molar-refractivity contribution in [2.45, 2.75) is 20.3 Å². The first-order chi connectivity index (χ1) is 6.24. The second-order valence-corrected chi connectivity index (χ2v) is 4.29. The Labute approximate surface area is 90.8 Å². The van der Waals surface area contributed by atoms with Crippen molar-refractivity contribution in [2.75, 3.05) is 38.7 Å². The molecule has 1 unspecified atom stereocenters. The minimum absolute atomic E-state index is 0.788. The van der Waals surface area contributed by atoms with Crippen LogP contribution in [0.2, 0.25) is 0 Å². The summed E-state index contributed by atoms with van der Waals surface area (Å²) in [6, 6.07) is 0. The highest BCUT2D eigenvalue weighted by Crippen LogP contribution is 2.04. The average molecular weight is 252 g/mol. The molecule has 0 saturated heterocycles. The van der Waals surface area contributed by atoms with Gasteiger partial charge in [-0.2, -0.15) is 0 Å². The molecule has 0 bridgehead atoms. The number of methoxy groups -OCH3 is 1. The summed E-state index contributed by atoms with van der Waals surface area (Å²) in [7, 11) is 1.76. The summed E-state index contributed by atoms with van der Waals surface area (Å²) in [5.74, 6) is 0.788. The van der Waals surface area contributed by atoms with Gasteiger partial charge in [0.15, 0.2) is 0 Å². The lowest BCUT2D eigenvalue weighted by Crippen LogP contribution is -2.33. The molecule has 3 heteroatoms. The Morgan fingerprint density at radius 2 is 2.08 bits per heavy atom. The fraction of sp³-hybridized carbons (Fsp3) is 1.00. The van der Waals surface area contributed by atoms with Gasteiger partial charge >= 0.3 is 0 Å². The van der Waals surface area contributed by atoms with Crippen LogP contribution in [-0.2, 0) is 4.74 Å². The first-order valence-electron chi connectivity index (χ1n) is 5.01. The summed E-state index contributed by atoms with van der Waals surface area (Å²) in [6.45, 7) is 8.73. The molecular formula is C10H22BrNO. The third kappa shape index (κ3) is 7.47. The van der Waals surface area contributed by atoms with E-state index in [1.165, 1.54) is 13.0 Å². The van der Waals surface area contributed by atoms with Crippen molar-refractivity contribution in [1.82, 2.24) is 4.90 Å². The van der Waals surface area contributed by atoms with Gasteiger partial charge in [-0.05, 0) is 5.92 Å². The fourth-order valence-electron chi connectivity index (χ4n) is 1.20. The van der Waals surface area contributed by atoms with E-state index in [2.05, 4.69) is 34.7 Å². The third-order valence-corrected chi connectivity index (χ3v) is 2.63. The summed E-state index contributed by atoms with van der Waals surface area (Å²) in [4.78, 5) is 2.45. The zero-order valence-electron chi connectivity index (χ0n) is 9.05. The molecular weight excluding hydrogens is 230 g/mol. The molecule has 0 fully saturated rings. The van der Waals surface area contributed by atoms with Crippen molar-refractivity contribution in [2.24, 2.45) is 5.92 Å². The number of hydrogen-bond donors (Lipinski definition) is 0. The topological polar surface area (TPSA) is 12.5 Å². The molecule has 0 rings (SSSR count). The molecule has 0 N–H and O–H groups in total. The number of nitrogens with zero attached hydrogens (tertiary/aromatic N) is 1. The van der Waals surface area contributed by atoms with Gasteiger partial charge in [-0.1, -0.05) is 36.2 Å². The molecule has 0 aliphatic carbocycles. The molecule has 0 heterocycles. The van der Waals surface area contributed by atoms with Crippen molar-refractivity contribution in [3.63, 3.8) is 0 Å². The van der Waals surface area contributed by atoms with Gasteiger partial charge < -0.3 is 4.74 Å². The van der Waals surface area contributed by atoms with Crippen LogP contribution < -0.4 is 0 Å². The lowest BCUT2D eigenvalue weighted by molar-refractivity contribution is 0.142. The zero-order valence-corrected chi connectivity index (χ0v) is 10.6. The van der Waals surface area contributed by atoms with E-state index in [-0.39, 0.29) is 0 Å². The van der Waals surface area contributed by atoms with E-state index in [1.54, 1.807) is 7.11 Å². The standard InChI is InChI=1S/C10H22BrNO/c1-4-10(2)9-12(6-5-11)7-8-13-3/h10H,4-9H2,1-3H3. The molecule has 2 nitrogen and oxygen atoms in total. The monoisotopic (exact) mass is 251 g/mol. The van der Waals surface area contributed by atoms with Gasteiger partial charge in [-0.15, -0.1) is 0 Å². The molecule has 0 aromatic rings. The molecule has 1 atom stereocenters. The van der Waals surface area contributed by atoms with Crippen LogP contribution in [0.5, 0.6) is 0 Å². The quantitative estimate of drug-likeness (QED) is 0.615. The van der Waals surface area contributed by atoms with E-state index < -0.39 is 0 Å². The maximum atomic E-state index is 5.08. The minimum atomic E-state index is 0.788. The molecule has 0 aliphatic heterocycles. The lowest BCUT2D eigenvalue weighted by atomic mass is 10.1. The van der Waals surface area contributed by atoms with Crippen molar-refractivity contribution >= 4 is 15.9 Å². The fourth-order valence-corrected chi connectivity index (χ4v) is 1.71. The Morgan fingerprint density at radius 3 is 2.54 bits per heavy atom. The molecule has 0 aliphatic rings. The summed E-state index contributed by atoms with van der Waals surface area (Å²) in [5.41, 5.74) is 0. The summed E-state index contributed by atoms with van der Waals surface area (Å²) < 4.78 is 5.08. The number of hydrogen-bond acceptors (Lipinski definition) is 2. The minimum Gasteiger partial charge on any atom is -0.383 e. The van der Waals surface area contributed by atoms with E-state index in [9.17, 15) is 0 Å². The highest BCUT2D eigenvalue weighted by molar-refractivity contribution is 9.09. The third-order valence-electron chi connectivity index (χ3n) is 2.28. The largest absolute Gasteiger partial charge is 0.383 e. The van der Waals surface area contributed by atoms with Gasteiger partial charge in [-0.25, -0.2) is 0 Å². The first kappa shape index (κ1) is 13.4. The Hall–Kier alpha value is 0.400. The Bertz CT molecular complexity index is 111. The normalized spacial score (nSPS) is 13.6. The van der Waals surface area contributed by atoms with Crippen molar-refractivity contribution in [3.8, 4) is 0 Å². The van der Waals surface area contributed by atoms with Crippen LogP contribution in [0.3, 0.4) is 0 Å². The molecule has 0 amide bonds. The van der Waals surface area contributed by atoms with E-state index in [0.29, 0.717) is 0 Å². The number of ether oxygens (including phenoxy) is 1. The number of halogens is 1. The second kappa shape index (κ2) is 8.97. The van der Waals surface area contributed by atoms with Crippen LogP contribution in [0.25, 0.3) is 0 Å². The van der Waals surface area contributed by atoms with Gasteiger partial charge in [0.2, 0.25) is 0 Å². The van der Waals surface area contributed by atoms with E-state index in [1.807, 2.05) is 0 Å². The van der Waals surface area contributed by atoms with Gasteiger partial charge in [0.25, 0.3) is 0 Å². The molecule has 0 saturated carbocycles. The highest BCUT2D eigenvalue weighted by atomic mass is 79.9. The van der Waals surface area contributed by atoms with Crippen molar-refractivity contribution in [1.29, 1.82) is 0 Å². The second-order valence-electron chi connectivity index (χ2n) is 3.50. The molecule has 0 radical (unpaired) electrons. The summed E-state index contributed by atoms with van der Waals surface area (Å²) in [5, 5.41) is 1.05. The predicted molar refractivity (Wildman–Crippen MR) is 61.6 cm³/mol. The molecule has 80 valence electrons. The van der Waals surface area contributed by atoms with E-state index in [4.69, 9.17) is 4.74 Å². The smallest absolute Gasteiger partial charge is 0.0589 e. The van der Waals surface area contributed by atoms with Gasteiger partial charge in [0.1, 0.15) is 0 Å². The molecule has 0 aromatic heterocycles. The Kier molecular flexibility index (Phi) is 9.25. The maximum absolute atomic E-state index is 5.08. The zero-order chi connectivity index (χ0) is 10.1. The maximum Gasteiger partial charge on any atom is 0.0589 e. The Morgan fingerprint density at radius 1 is 1.38 bits per heavy atom. The highest BCUT2D eigenvalue weighted by Gasteiger charge is 2.07. The van der Waals surface area contributed by atoms with Crippen molar-refractivity contribution < 1.29 is 4.74 Å². The Balaban J connectivity index is 3.65. The molecule has 0 aromatic carbocycles. The number of rotatable bonds is 8. The van der Waals surface area contributed by atoms with Gasteiger partial charge in [0.05, 0.1) is 6.61 Å². The molecule has 13 heavy (non-hydrogen) atoms. The van der Waals surface area contributed by atoms with Gasteiger partial charge in [-0.3, -0.25) is 4.90 Å². The number of alkyl halides is 1. The van der Waals surface area contributed by atoms with Crippen molar-refractivity contribution in [3.05, 3.63) is 0 Å². The predicted octanol–water partition coefficient (Wildman–Crippen LogP) is 2.38.